The van der Waals surface area contributed by atoms with E-state index < -0.39 is 24.4 Å². The molecule has 9 heteroatoms. The van der Waals surface area contributed by atoms with Crippen LogP contribution in [0.25, 0.3) is 11.2 Å². The van der Waals surface area contributed by atoms with Gasteiger partial charge in [0.1, 0.15) is 12.2 Å². The summed E-state index contributed by atoms with van der Waals surface area (Å²) in [7, 11) is 0. The topological polar surface area (TPSA) is 150 Å². The largest absolute Gasteiger partial charge is 0.394 e. The molecule has 18 heavy (non-hydrogen) atoms. The van der Waals surface area contributed by atoms with Crippen LogP contribution in [0.3, 0.4) is 0 Å². The zero-order chi connectivity index (χ0) is 13.3. The first-order valence-electron chi connectivity index (χ1n) is 5.20. The highest BCUT2D eigenvalue weighted by atomic mass is 16.4. The zero-order valence-electron chi connectivity index (χ0n) is 9.32. The Morgan fingerprint density at radius 1 is 1.44 bits per heavy atom. The van der Waals surface area contributed by atoms with Gasteiger partial charge in [0.2, 0.25) is 5.95 Å². The molecule has 0 saturated heterocycles. The van der Waals surface area contributed by atoms with Crippen LogP contribution in [-0.2, 0) is 6.54 Å². The third-order valence-corrected chi connectivity index (χ3v) is 2.52. The van der Waals surface area contributed by atoms with Crippen LogP contribution >= 0.6 is 0 Å². The van der Waals surface area contributed by atoms with E-state index in [4.69, 9.17) is 10.8 Å². The molecule has 2 aromatic heterocycles. The minimum absolute atomic E-state index is 0.0475. The van der Waals surface area contributed by atoms with Crippen molar-refractivity contribution in [2.24, 2.45) is 0 Å². The number of aromatic amines is 1. The van der Waals surface area contributed by atoms with Crippen molar-refractivity contribution in [3.8, 4) is 0 Å². The van der Waals surface area contributed by atoms with Gasteiger partial charge in [-0.2, -0.15) is 4.98 Å². The monoisotopic (exact) mass is 255 g/mol. The number of fused-ring (bicyclic) bond motifs is 1. The normalized spacial score (nSPS) is 14.8. The molecule has 0 saturated carbocycles. The van der Waals surface area contributed by atoms with Gasteiger partial charge in [0, 0.05) is 0 Å². The van der Waals surface area contributed by atoms with Crippen molar-refractivity contribution < 1.29 is 15.3 Å². The lowest BCUT2D eigenvalue weighted by Crippen LogP contribution is -2.33. The Hall–Kier alpha value is -1.97. The molecule has 9 nitrogen and oxygen atoms in total. The summed E-state index contributed by atoms with van der Waals surface area (Å²) in [4.78, 5) is 21.7. The molecule has 0 radical (unpaired) electrons. The smallest absolute Gasteiger partial charge is 0.278 e. The molecule has 0 aliphatic carbocycles. The minimum atomic E-state index is -1.29. The minimum Gasteiger partial charge on any atom is -0.394 e. The molecule has 98 valence electrons. The summed E-state index contributed by atoms with van der Waals surface area (Å²) >= 11 is 0. The van der Waals surface area contributed by atoms with Crippen molar-refractivity contribution in [1.29, 1.82) is 0 Å². The number of rotatable bonds is 4. The molecule has 0 aromatic carbocycles. The molecule has 0 bridgehead atoms. The highest BCUT2D eigenvalue weighted by Crippen LogP contribution is 2.08. The first kappa shape index (κ1) is 12.5. The van der Waals surface area contributed by atoms with Gasteiger partial charge in [-0.1, -0.05) is 0 Å². The lowest BCUT2D eigenvalue weighted by Gasteiger charge is -2.15. The Balaban J connectivity index is 2.38. The number of imidazole rings is 1. The molecular weight excluding hydrogens is 242 g/mol. The second-order valence-corrected chi connectivity index (χ2v) is 3.84. The van der Waals surface area contributed by atoms with Crippen LogP contribution < -0.4 is 11.3 Å². The number of hydrogen-bond acceptors (Lipinski definition) is 7. The van der Waals surface area contributed by atoms with Crippen LogP contribution in [0, 0.1) is 0 Å². The van der Waals surface area contributed by atoms with E-state index in [1.807, 2.05) is 0 Å². The summed E-state index contributed by atoms with van der Waals surface area (Å²) in [5.41, 5.74) is 5.18. The molecule has 0 aliphatic heterocycles. The number of aliphatic hydroxyl groups excluding tert-OH is 3. The Bertz CT molecular complexity index is 607. The third-order valence-electron chi connectivity index (χ3n) is 2.52. The van der Waals surface area contributed by atoms with E-state index in [1.54, 1.807) is 0 Å². The van der Waals surface area contributed by atoms with Crippen LogP contribution in [0.4, 0.5) is 5.95 Å². The number of hydrogen-bond donors (Lipinski definition) is 5. The van der Waals surface area contributed by atoms with Crippen LogP contribution in [0.2, 0.25) is 0 Å². The van der Waals surface area contributed by atoms with Crippen molar-refractivity contribution in [1.82, 2.24) is 19.5 Å². The van der Waals surface area contributed by atoms with E-state index in [9.17, 15) is 15.0 Å². The molecule has 0 fully saturated rings. The number of aromatic nitrogens is 4. The number of aliphatic hydroxyl groups is 3. The second kappa shape index (κ2) is 4.72. The van der Waals surface area contributed by atoms with Crippen molar-refractivity contribution in [3.63, 3.8) is 0 Å². The average molecular weight is 255 g/mol. The maximum atomic E-state index is 11.7. The molecule has 2 rings (SSSR count). The number of anilines is 1. The second-order valence-electron chi connectivity index (χ2n) is 3.84. The van der Waals surface area contributed by atoms with Gasteiger partial charge in [0.25, 0.3) is 5.56 Å². The maximum absolute atomic E-state index is 11.7. The Morgan fingerprint density at radius 3 is 2.83 bits per heavy atom. The van der Waals surface area contributed by atoms with Crippen LogP contribution in [-0.4, -0.2) is 53.7 Å². The molecule has 2 heterocycles. The predicted molar refractivity (Wildman–Crippen MR) is 61.7 cm³/mol. The van der Waals surface area contributed by atoms with Gasteiger partial charge in [-0.15, -0.1) is 0 Å². The van der Waals surface area contributed by atoms with Gasteiger partial charge in [-0.3, -0.25) is 9.78 Å². The first-order valence-corrected chi connectivity index (χ1v) is 5.20. The first-order chi connectivity index (χ1) is 8.52. The Morgan fingerprint density at radius 2 is 2.17 bits per heavy atom. The maximum Gasteiger partial charge on any atom is 0.278 e. The van der Waals surface area contributed by atoms with Crippen LogP contribution in [0.15, 0.2) is 11.1 Å². The molecule has 6 N–H and O–H groups in total. The van der Waals surface area contributed by atoms with Crippen molar-refractivity contribution >= 4 is 17.1 Å². The van der Waals surface area contributed by atoms with Gasteiger partial charge < -0.3 is 25.6 Å². The number of nitrogens with zero attached hydrogens (tertiary/aromatic N) is 3. The molecule has 2 aromatic rings. The van der Waals surface area contributed by atoms with Gasteiger partial charge in [-0.25, -0.2) is 4.98 Å². The Kier molecular flexibility index (Phi) is 3.28. The number of H-pyrrole nitrogens is 1. The Labute approximate surface area is 101 Å². The standard InChI is InChI=1S/C9H13N5O4/c10-9-12-7-6(8(18)13-9)14(3-11-7)1-4(16)5(17)2-15/h3-5,15-17H,1-2H2,(H3,10,12,13,18). The van der Waals surface area contributed by atoms with Crippen LogP contribution in [0.5, 0.6) is 0 Å². The third kappa shape index (κ3) is 2.18. The van der Waals surface area contributed by atoms with E-state index in [-0.39, 0.29) is 23.7 Å². The number of nitrogen functional groups attached to an aromatic ring is 1. The summed E-state index contributed by atoms with van der Waals surface area (Å²) in [6, 6.07) is 0. The van der Waals surface area contributed by atoms with Crippen molar-refractivity contribution in [3.05, 3.63) is 16.7 Å². The summed E-state index contributed by atoms with van der Waals surface area (Å²) in [5.74, 6) is -0.0475. The highest BCUT2D eigenvalue weighted by Gasteiger charge is 2.18. The average Bonchev–Trinajstić information content (AvgIpc) is 2.71. The molecular formula is C9H13N5O4. The van der Waals surface area contributed by atoms with E-state index in [1.165, 1.54) is 10.9 Å². The summed E-state index contributed by atoms with van der Waals surface area (Å²) in [6.45, 7) is -0.664. The van der Waals surface area contributed by atoms with Gasteiger partial charge in [0.15, 0.2) is 11.2 Å². The van der Waals surface area contributed by atoms with E-state index in [2.05, 4.69) is 15.0 Å². The molecule has 0 aliphatic rings. The summed E-state index contributed by atoms with van der Waals surface area (Å²) in [5, 5.41) is 27.5. The lowest BCUT2D eigenvalue weighted by molar-refractivity contribution is -0.0210. The van der Waals surface area contributed by atoms with Gasteiger partial charge in [-0.05, 0) is 0 Å². The predicted octanol–water partition coefficient (Wildman–Crippen LogP) is -2.58. The number of nitrogens with one attached hydrogen (secondary N) is 1. The fourth-order valence-corrected chi connectivity index (χ4v) is 1.59. The van der Waals surface area contributed by atoms with Gasteiger partial charge >= 0.3 is 0 Å². The summed E-state index contributed by atoms with van der Waals surface area (Å²) < 4.78 is 1.34. The fraction of sp³-hybridized carbons (Fsp3) is 0.444. The summed E-state index contributed by atoms with van der Waals surface area (Å²) in [6.07, 6.45) is -1.20. The zero-order valence-corrected chi connectivity index (χ0v) is 9.32. The van der Waals surface area contributed by atoms with Crippen molar-refractivity contribution in [2.45, 2.75) is 18.8 Å². The molecule has 2 atom stereocenters. The SMILES string of the molecule is Nc1nc2ncn(CC(O)C(O)CO)c2c(=O)[nH]1. The van der Waals surface area contributed by atoms with E-state index in [0.717, 1.165) is 0 Å². The van der Waals surface area contributed by atoms with E-state index in [0.29, 0.717) is 0 Å². The van der Waals surface area contributed by atoms with Crippen molar-refractivity contribution in [2.75, 3.05) is 12.3 Å². The van der Waals surface area contributed by atoms with Gasteiger partial charge in [0.05, 0.1) is 19.5 Å². The van der Waals surface area contributed by atoms with E-state index >= 15 is 0 Å². The lowest BCUT2D eigenvalue weighted by atomic mass is 10.2. The van der Waals surface area contributed by atoms with Crippen LogP contribution in [0.1, 0.15) is 0 Å². The molecule has 0 amide bonds. The fourth-order valence-electron chi connectivity index (χ4n) is 1.59. The number of nitrogens with two attached hydrogens (primary N) is 1. The molecule has 2 unspecified atom stereocenters. The highest BCUT2D eigenvalue weighted by molar-refractivity contribution is 5.70. The molecule has 0 spiro atoms. The quantitative estimate of drug-likeness (QED) is 0.402.